The van der Waals surface area contributed by atoms with Crippen LogP contribution < -0.4 is 20.6 Å². The number of hydrogen-bond donors (Lipinski definition) is 2. The number of nitrogens with two attached hydrogens (primary N) is 1. The Morgan fingerprint density at radius 1 is 1.19 bits per heavy atom. The third kappa shape index (κ3) is 4.12. The zero-order valence-corrected chi connectivity index (χ0v) is 15.2. The molecule has 0 aliphatic heterocycles. The Morgan fingerprint density at radius 2 is 1.92 bits per heavy atom. The number of para-hydroxylation sites is 3. The van der Waals surface area contributed by atoms with Crippen LogP contribution in [-0.4, -0.2) is 29.6 Å². The molecule has 3 N–H and O–H groups in total. The second kappa shape index (κ2) is 8.35. The van der Waals surface area contributed by atoms with Crippen molar-refractivity contribution in [2.24, 2.45) is 10.8 Å². The Bertz CT molecular complexity index is 936. The molecular formula is C19H20N4O2S. The van der Waals surface area contributed by atoms with E-state index < -0.39 is 0 Å². The Morgan fingerprint density at radius 3 is 2.69 bits per heavy atom. The molecule has 26 heavy (non-hydrogen) atoms. The molecule has 1 aromatic heterocycles. The van der Waals surface area contributed by atoms with Gasteiger partial charge in [0.15, 0.2) is 16.6 Å². The van der Waals surface area contributed by atoms with E-state index in [1.165, 1.54) is 0 Å². The highest BCUT2D eigenvalue weighted by molar-refractivity contribution is 7.80. The number of nitrogens with one attached hydrogen (secondary N) is 1. The Labute approximate surface area is 157 Å². The summed E-state index contributed by atoms with van der Waals surface area (Å²) in [5, 5.41) is 5.28. The number of rotatable bonds is 7. The Balaban J connectivity index is 1.75. The van der Waals surface area contributed by atoms with E-state index >= 15 is 0 Å². The van der Waals surface area contributed by atoms with Crippen LogP contribution >= 0.6 is 12.2 Å². The van der Waals surface area contributed by atoms with E-state index in [-0.39, 0.29) is 5.11 Å². The van der Waals surface area contributed by atoms with Gasteiger partial charge in [0.25, 0.3) is 0 Å². The van der Waals surface area contributed by atoms with Crippen molar-refractivity contribution in [2.45, 2.75) is 6.54 Å². The van der Waals surface area contributed by atoms with Crippen molar-refractivity contribution in [1.82, 2.24) is 9.99 Å². The summed E-state index contributed by atoms with van der Waals surface area (Å²) in [6.45, 7) is 1.20. The van der Waals surface area contributed by atoms with Gasteiger partial charge in [0.2, 0.25) is 0 Å². The zero-order chi connectivity index (χ0) is 18.4. The summed E-state index contributed by atoms with van der Waals surface area (Å²) in [5.41, 5.74) is 10.0. The topological polar surface area (TPSA) is 73.8 Å². The summed E-state index contributed by atoms with van der Waals surface area (Å²) in [6, 6.07) is 15.7. The minimum absolute atomic E-state index is 0.134. The van der Waals surface area contributed by atoms with Crippen LogP contribution in [0.25, 0.3) is 10.9 Å². The van der Waals surface area contributed by atoms with Crippen LogP contribution in [0.5, 0.6) is 11.5 Å². The van der Waals surface area contributed by atoms with Crippen molar-refractivity contribution >= 4 is 34.4 Å². The molecule has 6 nitrogen and oxygen atoms in total. The molecular weight excluding hydrogens is 348 g/mol. The highest BCUT2D eigenvalue weighted by atomic mass is 32.1. The van der Waals surface area contributed by atoms with Gasteiger partial charge < -0.3 is 19.8 Å². The summed E-state index contributed by atoms with van der Waals surface area (Å²) in [7, 11) is 1.63. The average molecular weight is 368 g/mol. The molecule has 0 radical (unpaired) electrons. The third-order valence-electron chi connectivity index (χ3n) is 3.86. The smallest absolute Gasteiger partial charge is 0.184 e. The number of thiocarbonyl (C=S) groups is 1. The maximum Gasteiger partial charge on any atom is 0.184 e. The summed E-state index contributed by atoms with van der Waals surface area (Å²) < 4.78 is 13.3. The van der Waals surface area contributed by atoms with E-state index in [1.54, 1.807) is 13.3 Å². The summed E-state index contributed by atoms with van der Waals surface area (Å²) in [4.78, 5) is 0. The number of hydrogen-bond acceptors (Lipinski definition) is 4. The molecule has 134 valence electrons. The van der Waals surface area contributed by atoms with Crippen LogP contribution in [0.2, 0.25) is 0 Å². The fraction of sp³-hybridized carbons (Fsp3) is 0.158. The first-order valence-corrected chi connectivity index (χ1v) is 8.52. The molecule has 1 heterocycles. The molecule has 3 aromatic rings. The molecule has 0 spiro atoms. The molecule has 2 aromatic carbocycles. The van der Waals surface area contributed by atoms with Crippen LogP contribution in [0.4, 0.5) is 0 Å². The summed E-state index contributed by atoms with van der Waals surface area (Å²) in [6.07, 6.45) is 3.74. The van der Waals surface area contributed by atoms with Crippen molar-refractivity contribution in [3.8, 4) is 11.5 Å². The largest absolute Gasteiger partial charge is 0.493 e. The van der Waals surface area contributed by atoms with Crippen LogP contribution in [0, 0.1) is 0 Å². The molecule has 0 unspecified atom stereocenters. The normalized spacial score (nSPS) is 11.0. The Kier molecular flexibility index (Phi) is 5.70. The highest BCUT2D eigenvalue weighted by Crippen LogP contribution is 2.26. The number of nitrogens with zero attached hydrogens (tertiary/aromatic N) is 2. The van der Waals surface area contributed by atoms with Gasteiger partial charge in [0.05, 0.1) is 19.9 Å². The van der Waals surface area contributed by atoms with Crippen LogP contribution in [0.15, 0.2) is 59.8 Å². The molecule has 7 heteroatoms. The van der Waals surface area contributed by atoms with Gasteiger partial charge in [-0.3, -0.25) is 5.43 Å². The fourth-order valence-electron chi connectivity index (χ4n) is 2.72. The molecule has 0 saturated heterocycles. The standard InChI is InChI=1S/C19H20N4O2S/c1-24-17-8-4-5-9-18(17)25-11-10-23-13-14(12-21-22-19(20)26)15-6-2-3-7-16(15)23/h2-9,12-13H,10-11H2,1H3,(H3,20,22,26)/b21-12+. The molecule has 0 bridgehead atoms. The van der Waals surface area contributed by atoms with Gasteiger partial charge in [-0.1, -0.05) is 30.3 Å². The van der Waals surface area contributed by atoms with Crippen molar-refractivity contribution in [2.75, 3.05) is 13.7 Å². The number of aromatic nitrogens is 1. The van der Waals surface area contributed by atoms with E-state index in [0.29, 0.717) is 13.2 Å². The second-order valence-corrected chi connectivity index (χ2v) is 5.97. The van der Waals surface area contributed by atoms with Crippen LogP contribution in [0.3, 0.4) is 0 Å². The quantitative estimate of drug-likeness (QED) is 0.381. The van der Waals surface area contributed by atoms with Crippen molar-refractivity contribution in [3.05, 3.63) is 60.3 Å². The number of ether oxygens (including phenoxy) is 2. The molecule has 0 saturated carbocycles. The zero-order valence-electron chi connectivity index (χ0n) is 14.4. The minimum atomic E-state index is 0.134. The van der Waals surface area contributed by atoms with Crippen molar-refractivity contribution in [3.63, 3.8) is 0 Å². The first-order valence-electron chi connectivity index (χ1n) is 8.11. The molecule has 0 fully saturated rings. The van der Waals surface area contributed by atoms with Crippen molar-refractivity contribution in [1.29, 1.82) is 0 Å². The molecule has 0 aliphatic carbocycles. The lowest BCUT2D eigenvalue weighted by atomic mass is 10.2. The monoisotopic (exact) mass is 368 g/mol. The minimum Gasteiger partial charge on any atom is -0.493 e. The first kappa shape index (κ1) is 17.8. The second-order valence-electron chi connectivity index (χ2n) is 5.53. The fourth-order valence-corrected chi connectivity index (χ4v) is 2.77. The number of methoxy groups -OCH3 is 1. The van der Waals surface area contributed by atoms with E-state index in [2.05, 4.69) is 27.2 Å². The summed E-state index contributed by atoms with van der Waals surface area (Å²) >= 11 is 4.76. The number of benzene rings is 2. The van der Waals surface area contributed by atoms with Gasteiger partial charge in [-0.25, -0.2) is 0 Å². The van der Waals surface area contributed by atoms with E-state index in [9.17, 15) is 0 Å². The van der Waals surface area contributed by atoms with Crippen molar-refractivity contribution < 1.29 is 9.47 Å². The highest BCUT2D eigenvalue weighted by Gasteiger charge is 2.07. The molecule has 3 rings (SSSR count). The maximum absolute atomic E-state index is 5.88. The maximum atomic E-state index is 5.88. The lowest BCUT2D eigenvalue weighted by molar-refractivity contribution is 0.281. The van der Waals surface area contributed by atoms with Gasteiger partial charge in [0.1, 0.15) is 6.61 Å². The molecule has 0 atom stereocenters. The molecule has 0 aliphatic rings. The average Bonchev–Trinajstić information content (AvgIpc) is 3.00. The lowest BCUT2D eigenvalue weighted by Gasteiger charge is -2.11. The van der Waals surface area contributed by atoms with Gasteiger partial charge in [-0.05, 0) is 30.4 Å². The van der Waals surface area contributed by atoms with Gasteiger partial charge in [-0.15, -0.1) is 0 Å². The third-order valence-corrected chi connectivity index (χ3v) is 3.95. The molecule has 0 amide bonds. The number of fused-ring (bicyclic) bond motifs is 1. The van der Waals surface area contributed by atoms with Gasteiger partial charge >= 0.3 is 0 Å². The van der Waals surface area contributed by atoms with E-state index in [0.717, 1.165) is 28.0 Å². The SMILES string of the molecule is COc1ccccc1OCCn1cc(/C=N/NC(N)=S)c2ccccc21. The van der Waals surface area contributed by atoms with E-state index in [4.69, 9.17) is 27.4 Å². The lowest BCUT2D eigenvalue weighted by Crippen LogP contribution is -2.23. The first-order chi connectivity index (χ1) is 12.7. The summed E-state index contributed by atoms with van der Waals surface area (Å²) in [5.74, 6) is 1.45. The predicted octanol–water partition coefficient (Wildman–Crippen LogP) is 2.90. The van der Waals surface area contributed by atoms with Gasteiger partial charge in [-0.2, -0.15) is 5.10 Å². The number of hydrazone groups is 1. The van der Waals surface area contributed by atoms with E-state index in [1.807, 2.05) is 42.6 Å². The predicted molar refractivity (Wildman–Crippen MR) is 108 cm³/mol. The Hall–Kier alpha value is -3.06. The van der Waals surface area contributed by atoms with Crippen LogP contribution in [0.1, 0.15) is 5.56 Å². The van der Waals surface area contributed by atoms with Gasteiger partial charge in [0, 0.05) is 22.7 Å². The van der Waals surface area contributed by atoms with Crippen LogP contribution in [-0.2, 0) is 6.54 Å².